The van der Waals surface area contributed by atoms with E-state index in [9.17, 15) is 13.2 Å². The van der Waals surface area contributed by atoms with Crippen molar-refractivity contribution in [2.24, 2.45) is 0 Å². The maximum absolute atomic E-state index is 13.0. The molecule has 1 unspecified atom stereocenters. The summed E-state index contributed by atoms with van der Waals surface area (Å²) in [5, 5.41) is 3.71. The molecule has 138 valence electrons. The zero-order valence-corrected chi connectivity index (χ0v) is 16.4. The van der Waals surface area contributed by atoms with Gasteiger partial charge in [-0.05, 0) is 55.2 Å². The molecule has 26 heavy (non-hydrogen) atoms. The van der Waals surface area contributed by atoms with Crippen molar-refractivity contribution in [2.45, 2.75) is 42.5 Å². The lowest BCUT2D eigenvalue weighted by molar-refractivity contribution is -0.130. The van der Waals surface area contributed by atoms with Gasteiger partial charge in [0.05, 0.1) is 16.4 Å². The van der Waals surface area contributed by atoms with Gasteiger partial charge in [-0.25, -0.2) is 8.42 Å². The molecule has 1 fully saturated rings. The Morgan fingerprint density at radius 3 is 2.31 bits per heavy atom. The number of benzene rings is 2. The second-order valence-corrected chi connectivity index (χ2v) is 9.43. The standard InChI is InChI=1S/C20H22ClNO3S/c1-14(15-7-9-18(10-8-15)26(2,24)25)22-19(23)20(11-4-12-20)16-5-3-6-17(21)13-16/h3,5-10,13-14H,4,11-12H2,1-2H3,(H,22,23). The molecule has 0 saturated heterocycles. The highest BCUT2D eigenvalue weighted by Crippen LogP contribution is 2.44. The van der Waals surface area contributed by atoms with Crippen LogP contribution in [0.1, 0.15) is 43.4 Å². The molecule has 1 atom stereocenters. The Morgan fingerprint density at radius 1 is 1.15 bits per heavy atom. The van der Waals surface area contributed by atoms with Crippen molar-refractivity contribution in [1.29, 1.82) is 0 Å². The molecular weight excluding hydrogens is 370 g/mol. The van der Waals surface area contributed by atoms with Crippen molar-refractivity contribution < 1.29 is 13.2 Å². The molecule has 4 nitrogen and oxygen atoms in total. The van der Waals surface area contributed by atoms with Crippen LogP contribution in [0.2, 0.25) is 5.02 Å². The monoisotopic (exact) mass is 391 g/mol. The molecule has 1 amide bonds. The summed E-state index contributed by atoms with van der Waals surface area (Å²) in [6.07, 6.45) is 3.80. The number of amides is 1. The topological polar surface area (TPSA) is 63.2 Å². The average molecular weight is 392 g/mol. The zero-order valence-electron chi connectivity index (χ0n) is 14.8. The number of hydrogen-bond donors (Lipinski definition) is 1. The van der Waals surface area contributed by atoms with Crippen LogP contribution in [0.15, 0.2) is 53.4 Å². The lowest BCUT2D eigenvalue weighted by atomic mass is 9.63. The van der Waals surface area contributed by atoms with Crippen LogP contribution in [0, 0.1) is 0 Å². The van der Waals surface area contributed by atoms with Crippen LogP contribution in [0.4, 0.5) is 0 Å². The molecule has 2 aromatic carbocycles. The molecule has 0 aliphatic heterocycles. The molecule has 1 saturated carbocycles. The summed E-state index contributed by atoms with van der Waals surface area (Å²) in [5.41, 5.74) is 1.30. The molecule has 3 rings (SSSR count). The number of sulfone groups is 1. The Morgan fingerprint density at radius 2 is 1.81 bits per heavy atom. The Kier molecular flexibility index (Phi) is 5.13. The molecule has 0 radical (unpaired) electrons. The zero-order chi connectivity index (χ0) is 18.9. The lowest BCUT2D eigenvalue weighted by Gasteiger charge is -2.41. The fourth-order valence-electron chi connectivity index (χ4n) is 3.39. The van der Waals surface area contributed by atoms with E-state index in [0.29, 0.717) is 5.02 Å². The summed E-state index contributed by atoms with van der Waals surface area (Å²) in [4.78, 5) is 13.3. The maximum Gasteiger partial charge on any atom is 0.231 e. The molecule has 6 heteroatoms. The van der Waals surface area contributed by atoms with Crippen molar-refractivity contribution in [3.05, 3.63) is 64.7 Å². The first-order valence-electron chi connectivity index (χ1n) is 8.59. The minimum atomic E-state index is -3.23. The SMILES string of the molecule is CC(NC(=O)C1(c2cccc(Cl)c2)CCC1)c1ccc(S(C)(=O)=O)cc1. The van der Waals surface area contributed by atoms with E-state index in [2.05, 4.69) is 5.32 Å². The van der Waals surface area contributed by atoms with E-state index >= 15 is 0 Å². The molecule has 1 N–H and O–H groups in total. The van der Waals surface area contributed by atoms with Gasteiger partial charge in [-0.2, -0.15) is 0 Å². The van der Waals surface area contributed by atoms with Gasteiger partial charge < -0.3 is 5.32 Å². The van der Waals surface area contributed by atoms with Crippen molar-refractivity contribution >= 4 is 27.3 Å². The summed E-state index contributed by atoms with van der Waals surface area (Å²) < 4.78 is 23.1. The first-order valence-corrected chi connectivity index (χ1v) is 10.9. The summed E-state index contributed by atoms with van der Waals surface area (Å²) in [6, 6.07) is 13.9. The lowest BCUT2D eigenvalue weighted by Crippen LogP contribution is -2.49. The molecule has 1 aliphatic carbocycles. The van der Waals surface area contributed by atoms with Crippen LogP contribution in [0.3, 0.4) is 0 Å². The molecule has 0 spiro atoms. The van der Waals surface area contributed by atoms with Crippen molar-refractivity contribution in [2.75, 3.05) is 6.26 Å². The number of carbonyl (C=O) groups excluding carboxylic acids is 1. The van der Waals surface area contributed by atoms with E-state index in [1.165, 1.54) is 6.26 Å². The summed E-state index contributed by atoms with van der Waals surface area (Å²) >= 11 is 6.11. The quantitative estimate of drug-likeness (QED) is 0.836. The first-order chi connectivity index (χ1) is 12.2. The van der Waals surface area contributed by atoms with Crippen molar-refractivity contribution in [3.63, 3.8) is 0 Å². The van der Waals surface area contributed by atoms with Gasteiger partial charge in [0.25, 0.3) is 0 Å². The fourth-order valence-corrected chi connectivity index (χ4v) is 4.21. The molecular formula is C20H22ClNO3S. The van der Waals surface area contributed by atoms with E-state index in [4.69, 9.17) is 11.6 Å². The van der Waals surface area contributed by atoms with Gasteiger partial charge in [0.1, 0.15) is 0 Å². The highest BCUT2D eigenvalue weighted by molar-refractivity contribution is 7.90. The van der Waals surface area contributed by atoms with Gasteiger partial charge in [-0.15, -0.1) is 0 Å². The summed E-state index contributed by atoms with van der Waals surface area (Å²) in [7, 11) is -3.23. The number of halogens is 1. The van der Waals surface area contributed by atoms with Gasteiger partial charge in [-0.1, -0.05) is 42.3 Å². The molecule has 0 heterocycles. The third-order valence-corrected chi connectivity index (χ3v) is 6.54. The van der Waals surface area contributed by atoms with Gasteiger partial charge >= 0.3 is 0 Å². The Hall–Kier alpha value is -1.85. The minimum absolute atomic E-state index is 0.00861. The third kappa shape index (κ3) is 3.64. The van der Waals surface area contributed by atoms with Gasteiger partial charge in [0.2, 0.25) is 5.91 Å². The Labute approximate surface area is 159 Å². The van der Waals surface area contributed by atoms with Crippen molar-refractivity contribution in [1.82, 2.24) is 5.32 Å². The maximum atomic E-state index is 13.0. The van der Waals surface area contributed by atoms with Crippen LogP contribution >= 0.6 is 11.6 Å². The predicted molar refractivity (Wildman–Crippen MR) is 103 cm³/mol. The summed E-state index contributed by atoms with van der Waals surface area (Å²) in [5.74, 6) is -0.00861. The Bertz CT molecular complexity index is 918. The normalized spacial score (nSPS) is 17.2. The van der Waals surface area contributed by atoms with E-state index in [1.807, 2.05) is 25.1 Å². The van der Waals surface area contributed by atoms with E-state index in [1.54, 1.807) is 30.3 Å². The molecule has 0 bridgehead atoms. The molecule has 0 aromatic heterocycles. The van der Waals surface area contributed by atoms with Crippen LogP contribution in [-0.2, 0) is 20.0 Å². The number of hydrogen-bond acceptors (Lipinski definition) is 3. The van der Waals surface area contributed by atoms with E-state index in [-0.39, 0.29) is 16.8 Å². The molecule has 1 aliphatic rings. The van der Waals surface area contributed by atoms with E-state index in [0.717, 1.165) is 30.4 Å². The highest BCUT2D eigenvalue weighted by Gasteiger charge is 2.46. The fraction of sp³-hybridized carbons (Fsp3) is 0.350. The predicted octanol–water partition coefficient (Wildman–Crippen LogP) is 4.04. The third-order valence-electron chi connectivity index (χ3n) is 5.17. The van der Waals surface area contributed by atoms with Crippen LogP contribution in [0.5, 0.6) is 0 Å². The second kappa shape index (κ2) is 7.05. The number of nitrogens with one attached hydrogen (secondary N) is 1. The van der Waals surface area contributed by atoms with Crippen LogP contribution < -0.4 is 5.32 Å². The first kappa shape index (κ1) is 18.9. The minimum Gasteiger partial charge on any atom is -0.349 e. The van der Waals surface area contributed by atoms with Gasteiger partial charge in [0.15, 0.2) is 9.84 Å². The molecule has 2 aromatic rings. The number of rotatable bonds is 5. The van der Waals surface area contributed by atoms with E-state index < -0.39 is 15.3 Å². The summed E-state index contributed by atoms with van der Waals surface area (Å²) in [6.45, 7) is 1.90. The second-order valence-electron chi connectivity index (χ2n) is 6.98. The van der Waals surface area contributed by atoms with Crippen LogP contribution in [-0.4, -0.2) is 20.6 Å². The largest absolute Gasteiger partial charge is 0.349 e. The number of carbonyl (C=O) groups is 1. The smallest absolute Gasteiger partial charge is 0.231 e. The van der Waals surface area contributed by atoms with Crippen LogP contribution in [0.25, 0.3) is 0 Å². The van der Waals surface area contributed by atoms with Gasteiger partial charge in [0, 0.05) is 11.3 Å². The van der Waals surface area contributed by atoms with Crippen molar-refractivity contribution in [3.8, 4) is 0 Å². The van der Waals surface area contributed by atoms with Gasteiger partial charge in [-0.3, -0.25) is 4.79 Å². The highest BCUT2D eigenvalue weighted by atomic mass is 35.5. The Balaban J connectivity index is 1.78. The average Bonchev–Trinajstić information content (AvgIpc) is 2.53.